The van der Waals surface area contributed by atoms with Crippen molar-refractivity contribution >= 4 is 38.6 Å². The standard InChI is InChI=1S/C50H35N/c1-2-10-36(11-3-1)38-20-22-39(23-21-38)40-26-30-46(31-27-40)51(47-32-28-42(29-33-47)50-19-9-15-41-13-6-7-18-49(41)50)48-17-8-16-44(35-48)45-25-24-37-12-4-5-14-43(37)34-45/h1-35H/i1D,2D,3D,10D,11D,20D,21D,22D,23D,26D,27D,30D,31D. The van der Waals surface area contributed by atoms with Crippen molar-refractivity contribution < 1.29 is 17.8 Å². The van der Waals surface area contributed by atoms with E-state index < -0.39 is 101 Å². The second-order valence-corrected chi connectivity index (χ2v) is 12.0. The van der Waals surface area contributed by atoms with Crippen molar-refractivity contribution in [3.63, 3.8) is 0 Å². The van der Waals surface area contributed by atoms with Gasteiger partial charge < -0.3 is 4.90 Å². The van der Waals surface area contributed by atoms with Crippen LogP contribution in [0.2, 0.25) is 0 Å². The maximum Gasteiger partial charge on any atom is 0.0645 e. The lowest BCUT2D eigenvalue weighted by Crippen LogP contribution is -2.10. The molecule has 0 amide bonds. The first-order valence-electron chi connectivity index (χ1n) is 23.0. The molecule has 9 rings (SSSR count). The first-order valence-corrected chi connectivity index (χ1v) is 16.5. The summed E-state index contributed by atoms with van der Waals surface area (Å²) in [5, 5.41) is 4.25. The fourth-order valence-electron chi connectivity index (χ4n) is 6.35. The highest BCUT2D eigenvalue weighted by atomic mass is 15.1. The van der Waals surface area contributed by atoms with Gasteiger partial charge in [-0.25, -0.2) is 0 Å². The lowest BCUT2D eigenvalue weighted by molar-refractivity contribution is 1.28. The van der Waals surface area contributed by atoms with Crippen molar-refractivity contribution in [3.05, 3.63) is 212 Å². The van der Waals surface area contributed by atoms with Crippen LogP contribution in [0.25, 0.3) is 66.1 Å². The van der Waals surface area contributed by atoms with Gasteiger partial charge in [-0.1, -0.05) is 170 Å². The molecule has 51 heavy (non-hydrogen) atoms. The fourth-order valence-corrected chi connectivity index (χ4v) is 6.35. The molecule has 0 saturated carbocycles. The van der Waals surface area contributed by atoms with E-state index in [9.17, 15) is 5.48 Å². The zero-order chi connectivity index (χ0) is 45.3. The Balaban J connectivity index is 1.24. The average Bonchev–Trinajstić information content (AvgIpc) is 3.32. The summed E-state index contributed by atoms with van der Waals surface area (Å²) in [5.74, 6) is 0. The molecular weight excluding hydrogens is 615 g/mol. The molecule has 0 aliphatic heterocycles. The van der Waals surface area contributed by atoms with E-state index in [1.165, 1.54) is 0 Å². The summed E-state index contributed by atoms with van der Waals surface area (Å²) in [6.45, 7) is 0. The SMILES string of the molecule is [2H]c1c([2H])c([2H])c(-c2c([2H])c([2H])c(-c3c([2H])c([2H])c(N(c4ccc(-c5cccc6ccccc56)cc4)c4cccc(-c5ccc6ccccc6c5)c4)c([2H])c3[2H])c([2H])c2[2H])c([2H])c1[2H]. The normalized spacial score (nSPS) is 14.7. The molecule has 0 saturated heterocycles. The topological polar surface area (TPSA) is 3.24 Å². The van der Waals surface area contributed by atoms with E-state index in [1.807, 2.05) is 121 Å². The van der Waals surface area contributed by atoms with Crippen molar-refractivity contribution in [3.8, 4) is 44.5 Å². The molecule has 9 aromatic rings. The van der Waals surface area contributed by atoms with Gasteiger partial charge in [-0.2, -0.15) is 0 Å². The van der Waals surface area contributed by atoms with Gasteiger partial charge in [0.1, 0.15) is 0 Å². The molecule has 0 N–H and O–H groups in total. The summed E-state index contributed by atoms with van der Waals surface area (Å²) in [6, 6.07) is 34.4. The van der Waals surface area contributed by atoms with Crippen molar-refractivity contribution in [1.82, 2.24) is 0 Å². The van der Waals surface area contributed by atoms with Gasteiger partial charge in [-0.3, -0.25) is 0 Å². The fraction of sp³-hybridized carbons (Fsp3) is 0. The number of fused-ring (bicyclic) bond motifs is 2. The van der Waals surface area contributed by atoms with E-state index in [0.29, 0.717) is 11.4 Å². The van der Waals surface area contributed by atoms with E-state index >= 15 is 0 Å². The molecule has 240 valence electrons. The van der Waals surface area contributed by atoms with Crippen LogP contribution in [0.4, 0.5) is 17.1 Å². The Morgan fingerprint density at radius 2 is 0.882 bits per heavy atom. The molecule has 0 heterocycles. The molecule has 0 radical (unpaired) electrons. The Bertz CT molecular complexity index is 3290. The van der Waals surface area contributed by atoms with Crippen molar-refractivity contribution in [2.75, 3.05) is 4.90 Å². The van der Waals surface area contributed by atoms with Gasteiger partial charge in [0.05, 0.1) is 17.8 Å². The monoisotopic (exact) mass is 662 g/mol. The van der Waals surface area contributed by atoms with Crippen LogP contribution in [0, 0.1) is 0 Å². The average molecular weight is 663 g/mol. The Morgan fingerprint density at radius 3 is 1.63 bits per heavy atom. The summed E-state index contributed by atoms with van der Waals surface area (Å²) in [5.41, 5.74) is 2.47. The van der Waals surface area contributed by atoms with Crippen LogP contribution in [0.15, 0.2) is 212 Å². The van der Waals surface area contributed by atoms with E-state index in [1.54, 1.807) is 4.90 Å². The summed E-state index contributed by atoms with van der Waals surface area (Å²) >= 11 is 0. The third kappa shape index (κ3) is 6.07. The van der Waals surface area contributed by atoms with E-state index in [4.69, 9.17) is 12.3 Å². The summed E-state index contributed by atoms with van der Waals surface area (Å²) < 4.78 is 115. The molecule has 0 aromatic heterocycles. The first-order chi connectivity index (χ1) is 30.7. The molecule has 0 atom stereocenters. The minimum atomic E-state index is -0.770. The highest BCUT2D eigenvalue weighted by Gasteiger charge is 2.15. The predicted molar refractivity (Wildman–Crippen MR) is 218 cm³/mol. The van der Waals surface area contributed by atoms with Gasteiger partial charge in [0, 0.05) is 17.1 Å². The second-order valence-electron chi connectivity index (χ2n) is 12.0. The molecule has 0 aliphatic carbocycles. The number of hydrogen-bond donors (Lipinski definition) is 0. The zero-order valence-corrected chi connectivity index (χ0v) is 27.1. The predicted octanol–water partition coefficient (Wildman–Crippen LogP) is 14.1. The Labute approximate surface area is 317 Å². The molecular formula is C50H35N. The molecule has 0 bridgehead atoms. The zero-order valence-electron chi connectivity index (χ0n) is 40.1. The van der Waals surface area contributed by atoms with Gasteiger partial charge in [0.2, 0.25) is 0 Å². The van der Waals surface area contributed by atoms with Crippen LogP contribution in [0.5, 0.6) is 0 Å². The Morgan fingerprint density at radius 1 is 0.314 bits per heavy atom. The molecule has 0 unspecified atom stereocenters. The molecule has 1 nitrogen and oxygen atoms in total. The largest absolute Gasteiger partial charge is 0.310 e. The number of benzene rings is 9. The second kappa shape index (κ2) is 13.3. The molecule has 9 aromatic carbocycles. The van der Waals surface area contributed by atoms with Crippen molar-refractivity contribution in [2.24, 2.45) is 0 Å². The summed E-state index contributed by atoms with van der Waals surface area (Å²) in [4.78, 5) is 1.64. The van der Waals surface area contributed by atoms with Crippen LogP contribution in [0.1, 0.15) is 17.8 Å². The van der Waals surface area contributed by atoms with Crippen LogP contribution >= 0.6 is 0 Å². The Kier molecular flexibility index (Phi) is 5.08. The van der Waals surface area contributed by atoms with Gasteiger partial charge in [0.15, 0.2) is 0 Å². The number of anilines is 3. The quantitative estimate of drug-likeness (QED) is 0.164. The summed E-state index contributed by atoms with van der Waals surface area (Å²) in [7, 11) is 0. The van der Waals surface area contributed by atoms with Gasteiger partial charge >= 0.3 is 0 Å². The summed E-state index contributed by atoms with van der Waals surface area (Å²) in [6.07, 6.45) is 0. The van der Waals surface area contributed by atoms with Crippen LogP contribution in [-0.2, 0) is 0 Å². The van der Waals surface area contributed by atoms with E-state index in [2.05, 4.69) is 12.1 Å². The van der Waals surface area contributed by atoms with Crippen LogP contribution in [-0.4, -0.2) is 0 Å². The third-order valence-electron chi connectivity index (χ3n) is 8.87. The third-order valence-corrected chi connectivity index (χ3v) is 8.87. The number of nitrogens with zero attached hydrogens (tertiary/aromatic N) is 1. The first kappa shape index (κ1) is 19.5. The number of hydrogen-bond acceptors (Lipinski definition) is 1. The van der Waals surface area contributed by atoms with Crippen LogP contribution in [0.3, 0.4) is 0 Å². The minimum absolute atomic E-state index is 0.127. The molecule has 1 heteroatoms. The van der Waals surface area contributed by atoms with E-state index in [-0.39, 0.29) is 5.69 Å². The molecule has 0 aliphatic rings. The maximum atomic E-state index is 9.52. The molecule has 0 fully saturated rings. The molecule has 0 spiro atoms. The maximum absolute atomic E-state index is 9.52. The lowest BCUT2D eigenvalue weighted by atomic mass is 9.97. The smallest absolute Gasteiger partial charge is 0.0645 e. The highest BCUT2D eigenvalue weighted by molar-refractivity contribution is 5.97. The van der Waals surface area contributed by atoms with Gasteiger partial charge in [-0.15, -0.1) is 0 Å². The van der Waals surface area contributed by atoms with Gasteiger partial charge in [-0.05, 0) is 108 Å². The van der Waals surface area contributed by atoms with Crippen LogP contribution < -0.4 is 4.90 Å². The van der Waals surface area contributed by atoms with Gasteiger partial charge in [0.25, 0.3) is 0 Å². The van der Waals surface area contributed by atoms with Crippen molar-refractivity contribution in [2.45, 2.75) is 0 Å². The highest BCUT2D eigenvalue weighted by Crippen LogP contribution is 2.39. The minimum Gasteiger partial charge on any atom is -0.310 e. The van der Waals surface area contributed by atoms with Crippen molar-refractivity contribution in [1.29, 1.82) is 0 Å². The number of rotatable bonds is 7. The van der Waals surface area contributed by atoms with E-state index in [0.717, 1.165) is 43.8 Å². The lowest BCUT2D eigenvalue weighted by Gasteiger charge is -2.26. The Hall–Kier alpha value is -6.70.